The Morgan fingerprint density at radius 3 is 2.39 bits per heavy atom. The number of ether oxygens (including phenoxy) is 3. The van der Waals surface area contributed by atoms with Gasteiger partial charge in [0.1, 0.15) is 17.9 Å². The second kappa shape index (κ2) is 19.4. The number of hydrogen-bond donors (Lipinski definition) is 5. The topological polar surface area (TPSA) is 155 Å². The van der Waals surface area contributed by atoms with Crippen LogP contribution in [-0.4, -0.2) is 105 Å². The molecule has 2 rings (SSSR count). The Hall–Kier alpha value is -2.39. The van der Waals surface area contributed by atoms with E-state index in [0.29, 0.717) is 25.2 Å². The van der Waals surface area contributed by atoms with Gasteiger partial charge >= 0.3 is 5.97 Å². The Morgan fingerprint density at radius 2 is 1.85 bits per heavy atom. The molecule has 0 spiro atoms. The smallest absolute Gasteiger partial charge is 0.324 e. The predicted molar refractivity (Wildman–Crippen MR) is 183 cm³/mol. The zero-order valence-corrected chi connectivity index (χ0v) is 30.2. The van der Waals surface area contributed by atoms with Crippen LogP contribution in [0.25, 0.3) is 0 Å². The number of rotatable bonds is 18. The molecule has 264 valence electrons. The Balaban J connectivity index is 2.24. The molecule has 2 aliphatic heterocycles. The number of hydrazine groups is 1. The Labute approximate surface area is 280 Å². The zero-order valence-electron chi connectivity index (χ0n) is 29.4. The first kappa shape index (κ1) is 39.8. The third-order valence-electron chi connectivity index (χ3n) is 7.93. The fraction of sp³-hybridized carbons (Fsp3) is 0.812. The minimum atomic E-state index is -0.945. The second-order valence-electron chi connectivity index (χ2n) is 13.5. The molecule has 2 amide bonds. The molecule has 5 atom stereocenters. The normalized spacial score (nSPS) is 20.3. The van der Waals surface area contributed by atoms with Gasteiger partial charge in [0.05, 0.1) is 36.7 Å². The SMILES string of the molecule is C=C(NC(CC)S/N=C(/C[C@H](NC(=O)[C@@H](COC1CNC1)C(C)C)C(=O)N1CCC[C@@H](C(=O)OCC(C)(C)C)N1)NC)[C@H](C)OC. The highest BCUT2D eigenvalue weighted by Crippen LogP contribution is 2.20. The minimum Gasteiger partial charge on any atom is -0.464 e. The van der Waals surface area contributed by atoms with Gasteiger partial charge in [-0.05, 0) is 37.5 Å². The van der Waals surface area contributed by atoms with Crippen LogP contribution in [0, 0.1) is 17.3 Å². The maximum atomic E-state index is 14.1. The van der Waals surface area contributed by atoms with Crippen molar-refractivity contribution in [2.45, 2.75) is 104 Å². The number of esters is 1. The third-order valence-corrected chi connectivity index (χ3v) is 8.96. The summed E-state index contributed by atoms with van der Waals surface area (Å²) in [5.74, 6) is -0.936. The summed E-state index contributed by atoms with van der Waals surface area (Å²) in [5, 5.41) is 14.0. The van der Waals surface area contributed by atoms with Crippen molar-refractivity contribution in [2.75, 3.05) is 47.0 Å². The molecule has 46 heavy (non-hydrogen) atoms. The number of nitrogens with one attached hydrogen (secondary N) is 5. The van der Waals surface area contributed by atoms with E-state index in [1.54, 1.807) is 14.2 Å². The van der Waals surface area contributed by atoms with Gasteiger partial charge in [-0.15, -0.1) is 0 Å². The van der Waals surface area contributed by atoms with E-state index in [9.17, 15) is 14.4 Å². The molecule has 2 saturated heterocycles. The molecule has 0 radical (unpaired) electrons. The van der Waals surface area contributed by atoms with Crippen molar-refractivity contribution in [3.8, 4) is 0 Å². The molecule has 1 unspecified atom stereocenters. The first-order chi connectivity index (χ1) is 21.7. The van der Waals surface area contributed by atoms with Gasteiger partial charge in [0.15, 0.2) is 0 Å². The number of amides is 2. The van der Waals surface area contributed by atoms with Crippen molar-refractivity contribution >= 4 is 35.6 Å². The number of amidine groups is 1. The zero-order chi connectivity index (χ0) is 34.4. The van der Waals surface area contributed by atoms with Gasteiger partial charge in [0, 0.05) is 57.9 Å². The summed E-state index contributed by atoms with van der Waals surface area (Å²) in [6, 6.07) is -1.60. The van der Waals surface area contributed by atoms with E-state index in [2.05, 4.69) is 33.3 Å². The molecular formula is C32H59N7O6S. The lowest BCUT2D eigenvalue weighted by atomic mass is 9.95. The quantitative estimate of drug-likeness (QED) is 0.0481. The molecular weight excluding hydrogens is 610 g/mol. The first-order valence-corrected chi connectivity index (χ1v) is 17.3. The summed E-state index contributed by atoms with van der Waals surface area (Å²) in [5.41, 5.74) is 3.64. The lowest BCUT2D eigenvalue weighted by Crippen LogP contribution is -2.61. The van der Waals surface area contributed by atoms with E-state index in [0.717, 1.165) is 25.2 Å². The number of carbonyl (C=O) groups is 3. The third kappa shape index (κ3) is 13.4. The average molecular weight is 670 g/mol. The van der Waals surface area contributed by atoms with Gasteiger partial charge in [-0.2, -0.15) is 0 Å². The molecule has 0 saturated carbocycles. The summed E-state index contributed by atoms with van der Waals surface area (Å²) in [6.07, 6.45) is 1.96. The molecule has 2 heterocycles. The van der Waals surface area contributed by atoms with Crippen molar-refractivity contribution in [3.05, 3.63) is 12.3 Å². The van der Waals surface area contributed by atoms with Crippen LogP contribution < -0.4 is 26.7 Å². The molecule has 0 aromatic heterocycles. The molecule has 14 heteroatoms. The molecule has 2 aliphatic rings. The van der Waals surface area contributed by atoms with Crippen molar-refractivity contribution in [1.82, 2.24) is 31.7 Å². The molecule has 0 bridgehead atoms. The lowest BCUT2D eigenvalue weighted by molar-refractivity contribution is -0.155. The van der Waals surface area contributed by atoms with E-state index in [4.69, 9.17) is 18.6 Å². The van der Waals surface area contributed by atoms with Gasteiger partial charge in [0.25, 0.3) is 5.91 Å². The highest BCUT2D eigenvalue weighted by atomic mass is 32.2. The Kier molecular flexibility index (Phi) is 16.8. The molecule has 13 nitrogen and oxygen atoms in total. The maximum Gasteiger partial charge on any atom is 0.324 e. The lowest BCUT2D eigenvalue weighted by Gasteiger charge is -2.36. The van der Waals surface area contributed by atoms with Crippen LogP contribution in [-0.2, 0) is 28.6 Å². The fourth-order valence-corrected chi connectivity index (χ4v) is 5.31. The molecule has 5 N–H and O–H groups in total. The number of carbonyl (C=O) groups excluding carboxylic acids is 3. The second-order valence-corrected chi connectivity index (χ2v) is 14.5. The van der Waals surface area contributed by atoms with Crippen molar-refractivity contribution in [3.63, 3.8) is 0 Å². The summed E-state index contributed by atoms with van der Waals surface area (Å²) < 4.78 is 21.6. The van der Waals surface area contributed by atoms with E-state index in [1.807, 2.05) is 48.5 Å². The van der Waals surface area contributed by atoms with Crippen LogP contribution in [0.15, 0.2) is 16.7 Å². The molecule has 2 fully saturated rings. The van der Waals surface area contributed by atoms with Crippen molar-refractivity contribution in [1.29, 1.82) is 0 Å². The molecule has 0 aromatic rings. The highest BCUT2D eigenvalue weighted by Gasteiger charge is 2.36. The Bertz CT molecular complexity index is 1030. The van der Waals surface area contributed by atoms with Crippen LogP contribution in [0.3, 0.4) is 0 Å². The molecule has 0 aromatic carbocycles. The first-order valence-electron chi connectivity index (χ1n) is 16.4. The number of nitrogens with zero attached hydrogens (tertiary/aromatic N) is 2. The standard InChI is InChI=1S/C32H59N7O6S/c1-11-28(35-21(4)22(5)43-10)46-38-27(33-9)15-26(36-29(40)24(20(2)3)18-44-23-16-34-17-23)30(41)39-14-12-13-25(37-39)31(42)45-19-32(6,7)8/h20,22-26,28,34-35,37H,4,11-19H2,1-3,5-10H3,(H,33,38)(H,36,40)/t22-,24-,25-,26-,28?/m0/s1. The molecule has 0 aliphatic carbocycles. The minimum absolute atomic E-state index is 0.00848. The monoisotopic (exact) mass is 669 g/mol. The van der Waals surface area contributed by atoms with E-state index in [-0.39, 0.29) is 60.4 Å². The van der Waals surface area contributed by atoms with E-state index in [1.165, 1.54) is 17.0 Å². The summed E-state index contributed by atoms with van der Waals surface area (Å²) in [7, 11) is 3.37. The average Bonchev–Trinajstić information content (AvgIpc) is 3.00. The van der Waals surface area contributed by atoms with Crippen LogP contribution in [0.4, 0.5) is 0 Å². The Morgan fingerprint density at radius 1 is 1.15 bits per heavy atom. The summed E-state index contributed by atoms with van der Waals surface area (Å²) in [6.45, 7) is 20.4. The van der Waals surface area contributed by atoms with E-state index < -0.39 is 24.0 Å². The van der Waals surface area contributed by atoms with Gasteiger partial charge in [-0.3, -0.25) is 19.4 Å². The maximum absolute atomic E-state index is 14.1. The van der Waals surface area contributed by atoms with Crippen LogP contribution >= 0.6 is 11.9 Å². The van der Waals surface area contributed by atoms with E-state index >= 15 is 0 Å². The van der Waals surface area contributed by atoms with Crippen LogP contribution in [0.1, 0.15) is 74.1 Å². The van der Waals surface area contributed by atoms with Crippen LogP contribution in [0.5, 0.6) is 0 Å². The van der Waals surface area contributed by atoms with Crippen molar-refractivity contribution < 1.29 is 28.6 Å². The predicted octanol–water partition coefficient (Wildman–Crippen LogP) is 2.35. The van der Waals surface area contributed by atoms with Gasteiger partial charge < -0.3 is 35.5 Å². The van der Waals surface area contributed by atoms with Gasteiger partial charge in [-0.1, -0.05) is 48.1 Å². The van der Waals surface area contributed by atoms with Crippen molar-refractivity contribution in [2.24, 2.45) is 21.6 Å². The highest BCUT2D eigenvalue weighted by molar-refractivity contribution is 7.98. The van der Waals surface area contributed by atoms with Crippen LogP contribution in [0.2, 0.25) is 0 Å². The van der Waals surface area contributed by atoms with Gasteiger partial charge in [0.2, 0.25) is 5.91 Å². The van der Waals surface area contributed by atoms with Gasteiger partial charge in [-0.25, -0.2) is 9.82 Å². The largest absolute Gasteiger partial charge is 0.464 e. The summed E-state index contributed by atoms with van der Waals surface area (Å²) in [4.78, 5) is 40.6. The summed E-state index contributed by atoms with van der Waals surface area (Å²) >= 11 is 1.32. The number of hydrogen-bond acceptors (Lipinski definition) is 11. The number of methoxy groups -OCH3 is 1. The fourth-order valence-electron chi connectivity index (χ4n) is 4.54.